The third-order valence-electron chi connectivity index (χ3n) is 4.21. The summed E-state index contributed by atoms with van der Waals surface area (Å²) in [7, 11) is 1.41. The molecule has 2 atom stereocenters. The van der Waals surface area contributed by atoms with Crippen LogP contribution >= 0.6 is 0 Å². The smallest absolute Gasteiger partial charge is 0.310 e. The molecule has 0 aliphatic rings. The highest BCUT2D eigenvalue weighted by Gasteiger charge is 2.27. The highest BCUT2D eigenvalue weighted by Crippen LogP contribution is 2.29. The number of rotatable bonds is 6. The van der Waals surface area contributed by atoms with Crippen LogP contribution in [0.1, 0.15) is 18.5 Å². The van der Waals surface area contributed by atoms with Crippen LogP contribution < -0.4 is 5.32 Å². The Morgan fingerprint density at radius 1 is 1.08 bits per heavy atom. The maximum absolute atomic E-state index is 12.1. The van der Waals surface area contributed by atoms with Gasteiger partial charge < -0.3 is 14.6 Å². The van der Waals surface area contributed by atoms with E-state index in [9.17, 15) is 4.79 Å². The van der Waals surface area contributed by atoms with Crippen molar-refractivity contribution in [1.29, 1.82) is 0 Å². The number of para-hydroxylation sites is 1. The Bertz CT molecular complexity index is 799. The van der Waals surface area contributed by atoms with E-state index in [0.717, 1.165) is 16.9 Å². The first-order chi connectivity index (χ1) is 12.2. The Morgan fingerprint density at radius 2 is 1.76 bits per heavy atom. The van der Waals surface area contributed by atoms with Crippen molar-refractivity contribution in [3.05, 3.63) is 78.9 Å². The molecule has 0 radical (unpaired) electrons. The van der Waals surface area contributed by atoms with Gasteiger partial charge in [0.25, 0.3) is 0 Å². The number of carbonyl (C=O) groups excluding carboxylic acids is 1. The molecular formula is C20H21N3O2. The van der Waals surface area contributed by atoms with Crippen molar-refractivity contribution in [1.82, 2.24) is 9.55 Å². The van der Waals surface area contributed by atoms with E-state index in [1.54, 1.807) is 12.5 Å². The lowest BCUT2D eigenvalue weighted by atomic mass is 9.94. The lowest BCUT2D eigenvalue weighted by Gasteiger charge is -2.24. The summed E-state index contributed by atoms with van der Waals surface area (Å²) < 4.78 is 6.86. The number of benzene rings is 2. The van der Waals surface area contributed by atoms with Gasteiger partial charge in [-0.05, 0) is 36.8 Å². The molecule has 2 aromatic carbocycles. The molecule has 128 valence electrons. The van der Waals surface area contributed by atoms with E-state index < -0.39 is 0 Å². The maximum atomic E-state index is 12.1. The van der Waals surface area contributed by atoms with E-state index in [1.165, 1.54) is 7.11 Å². The van der Waals surface area contributed by atoms with Crippen molar-refractivity contribution >= 4 is 17.3 Å². The first kappa shape index (κ1) is 16.8. The zero-order valence-electron chi connectivity index (χ0n) is 14.3. The van der Waals surface area contributed by atoms with E-state index in [2.05, 4.69) is 10.3 Å². The summed E-state index contributed by atoms with van der Waals surface area (Å²) in [6.45, 7) is 1.87. The zero-order valence-corrected chi connectivity index (χ0v) is 14.3. The number of hydrogen-bond donors (Lipinski definition) is 1. The van der Waals surface area contributed by atoms with E-state index >= 15 is 0 Å². The van der Waals surface area contributed by atoms with Crippen LogP contribution in [-0.2, 0) is 9.53 Å². The fourth-order valence-corrected chi connectivity index (χ4v) is 2.92. The standard InChI is InChI=1S/C20H21N3O2/c1-15(20(24)25-2)19(23-13-12-21-14-23)16-8-10-18(11-9-16)22-17-6-4-3-5-7-17/h3-15,19,22H,1-2H3/t15-,19-/m1/s1. The molecule has 0 spiro atoms. The lowest BCUT2D eigenvalue weighted by Crippen LogP contribution is -2.25. The Balaban J connectivity index is 1.85. The first-order valence-electron chi connectivity index (χ1n) is 8.16. The quantitative estimate of drug-likeness (QED) is 0.691. The Kier molecular flexibility index (Phi) is 5.14. The van der Waals surface area contributed by atoms with E-state index in [4.69, 9.17) is 4.74 Å². The SMILES string of the molecule is COC(=O)[C@H](C)[C@H](c1ccc(Nc2ccccc2)cc1)n1ccnc1. The van der Waals surface area contributed by atoms with Gasteiger partial charge in [0.15, 0.2) is 0 Å². The van der Waals surface area contributed by atoms with Crippen LogP contribution in [0.3, 0.4) is 0 Å². The fourth-order valence-electron chi connectivity index (χ4n) is 2.92. The summed E-state index contributed by atoms with van der Waals surface area (Å²) in [5, 5.41) is 3.36. The molecule has 0 saturated heterocycles. The highest BCUT2D eigenvalue weighted by atomic mass is 16.5. The molecule has 3 aromatic rings. The van der Waals surface area contributed by atoms with Crippen LogP contribution in [-0.4, -0.2) is 22.6 Å². The highest BCUT2D eigenvalue weighted by molar-refractivity contribution is 5.73. The number of esters is 1. The third kappa shape index (κ3) is 3.88. The second-order valence-electron chi connectivity index (χ2n) is 5.88. The molecular weight excluding hydrogens is 314 g/mol. The van der Waals surface area contributed by atoms with Gasteiger partial charge in [0, 0.05) is 23.8 Å². The average molecular weight is 335 g/mol. The van der Waals surface area contributed by atoms with Crippen molar-refractivity contribution in [2.24, 2.45) is 5.92 Å². The molecule has 1 N–H and O–H groups in total. The van der Waals surface area contributed by atoms with Crippen LogP contribution in [0.25, 0.3) is 0 Å². The molecule has 0 bridgehead atoms. The summed E-state index contributed by atoms with van der Waals surface area (Å²) in [6.07, 6.45) is 5.29. The molecule has 0 aliphatic carbocycles. The predicted molar refractivity (Wildman–Crippen MR) is 97.7 cm³/mol. The summed E-state index contributed by atoms with van der Waals surface area (Å²) in [4.78, 5) is 16.2. The van der Waals surface area contributed by atoms with Crippen LogP contribution in [0.5, 0.6) is 0 Å². The largest absolute Gasteiger partial charge is 0.469 e. The van der Waals surface area contributed by atoms with Crippen LogP contribution in [0.2, 0.25) is 0 Å². The number of imidazole rings is 1. The topological polar surface area (TPSA) is 56.1 Å². The lowest BCUT2D eigenvalue weighted by molar-refractivity contribution is -0.145. The molecule has 0 amide bonds. The fraction of sp³-hybridized carbons (Fsp3) is 0.200. The first-order valence-corrected chi connectivity index (χ1v) is 8.16. The van der Waals surface area contributed by atoms with E-state index in [0.29, 0.717) is 0 Å². The monoisotopic (exact) mass is 335 g/mol. The number of nitrogens with zero attached hydrogens (tertiary/aromatic N) is 2. The van der Waals surface area contributed by atoms with E-state index in [-0.39, 0.29) is 17.9 Å². The van der Waals surface area contributed by atoms with Crippen LogP contribution in [0.15, 0.2) is 73.3 Å². The second kappa shape index (κ2) is 7.66. The molecule has 0 unspecified atom stereocenters. The number of aromatic nitrogens is 2. The Morgan fingerprint density at radius 3 is 2.36 bits per heavy atom. The summed E-state index contributed by atoms with van der Waals surface area (Å²) in [5.41, 5.74) is 3.05. The summed E-state index contributed by atoms with van der Waals surface area (Å²) >= 11 is 0. The zero-order chi connectivity index (χ0) is 17.6. The molecule has 25 heavy (non-hydrogen) atoms. The molecule has 1 heterocycles. The maximum Gasteiger partial charge on any atom is 0.310 e. The number of ether oxygens (including phenoxy) is 1. The number of nitrogens with one attached hydrogen (secondary N) is 1. The number of hydrogen-bond acceptors (Lipinski definition) is 4. The Hall–Kier alpha value is -3.08. The minimum absolute atomic E-state index is 0.166. The van der Waals surface area contributed by atoms with Gasteiger partial charge in [0.2, 0.25) is 0 Å². The minimum atomic E-state index is -0.327. The van der Waals surface area contributed by atoms with Crippen LogP contribution in [0, 0.1) is 5.92 Å². The third-order valence-corrected chi connectivity index (χ3v) is 4.21. The van der Waals surface area contributed by atoms with Crippen molar-refractivity contribution < 1.29 is 9.53 Å². The van der Waals surface area contributed by atoms with Crippen molar-refractivity contribution in [2.75, 3.05) is 12.4 Å². The molecule has 0 aliphatic heterocycles. The molecule has 0 fully saturated rings. The van der Waals surface area contributed by atoms with Gasteiger partial charge >= 0.3 is 5.97 Å². The normalized spacial score (nSPS) is 13.0. The summed E-state index contributed by atoms with van der Waals surface area (Å²) in [6, 6.07) is 17.9. The van der Waals surface area contributed by atoms with Crippen molar-refractivity contribution in [2.45, 2.75) is 13.0 Å². The molecule has 5 nitrogen and oxygen atoms in total. The van der Waals surface area contributed by atoms with Gasteiger partial charge in [-0.2, -0.15) is 0 Å². The van der Waals surface area contributed by atoms with Gasteiger partial charge in [-0.25, -0.2) is 4.98 Å². The number of methoxy groups -OCH3 is 1. The van der Waals surface area contributed by atoms with Crippen LogP contribution in [0.4, 0.5) is 11.4 Å². The molecule has 1 aromatic heterocycles. The average Bonchev–Trinajstić information content (AvgIpc) is 3.17. The number of carbonyl (C=O) groups is 1. The van der Waals surface area contributed by atoms with Gasteiger partial charge in [-0.15, -0.1) is 0 Å². The molecule has 5 heteroatoms. The van der Waals surface area contributed by atoms with Gasteiger partial charge in [0.05, 0.1) is 25.4 Å². The Labute approximate surface area is 147 Å². The van der Waals surface area contributed by atoms with Gasteiger partial charge in [-0.3, -0.25) is 4.79 Å². The summed E-state index contributed by atoms with van der Waals surface area (Å²) in [5.74, 6) is -0.572. The van der Waals surface area contributed by atoms with Gasteiger partial charge in [0.1, 0.15) is 0 Å². The number of anilines is 2. The van der Waals surface area contributed by atoms with Gasteiger partial charge in [-0.1, -0.05) is 30.3 Å². The van der Waals surface area contributed by atoms with Crippen molar-refractivity contribution in [3.8, 4) is 0 Å². The van der Waals surface area contributed by atoms with E-state index in [1.807, 2.05) is 72.3 Å². The molecule has 3 rings (SSSR count). The minimum Gasteiger partial charge on any atom is -0.469 e. The second-order valence-corrected chi connectivity index (χ2v) is 5.88. The predicted octanol–water partition coefficient (Wildman–Crippen LogP) is 4.03. The molecule has 0 saturated carbocycles. The van der Waals surface area contributed by atoms with Crippen molar-refractivity contribution in [3.63, 3.8) is 0 Å².